The molecular formula is C23H27FN2O5. The van der Waals surface area contributed by atoms with Crippen molar-refractivity contribution in [3.63, 3.8) is 0 Å². The zero-order valence-corrected chi connectivity index (χ0v) is 17.8. The van der Waals surface area contributed by atoms with Crippen LogP contribution in [0.4, 0.5) is 9.18 Å². The minimum absolute atomic E-state index is 0.0305. The van der Waals surface area contributed by atoms with E-state index in [9.17, 15) is 18.8 Å². The first kappa shape index (κ1) is 23.9. The molecule has 1 atom stereocenters. The number of ether oxygens (including phenoxy) is 2. The Morgan fingerprint density at radius 1 is 1.06 bits per heavy atom. The van der Waals surface area contributed by atoms with Gasteiger partial charge in [0.1, 0.15) is 18.2 Å². The Morgan fingerprint density at radius 2 is 1.71 bits per heavy atom. The van der Waals surface area contributed by atoms with E-state index in [0.717, 1.165) is 0 Å². The number of ketones is 1. The summed E-state index contributed by atoms with van der Waals surface area (Å²) in [6.07, 6.45) is -2.06. The number of alkyl carbamates (subject to hydrolysis) is 1. The van der Waals surface area contributed by atoms with Crippen LogP contribution < -0.4 is 15.8 Å². The zero-order chi connectivity index (χ0) is 23.0. The number of nitrogens with two attached hydrogens (primary N) is 1. The van der Waals surface area contributed by atoms with Crippen LogP contribution in [0.3, 0.4) is 0 Å². The van der Waals surface area contributed by atoms with Gasteiger partial charge in [-0.25, -0.2) is 9.18 Å². The largest absolute Gasteiger partial charge is 0.489 e. The molecule has 7 nitrogen and oxygen atoms in total. The van der Waals surface area contributed by atoms with Crippen molar-refractivity contribution in [2.24, 2.45) is 5.73 Å². The molecule has 0 heterocycles. The Hall–Kier alpha value is -3.42. The van der Waals surface area contributed by atoms with Gasteiger partial charge in [-0.15, -0.1) is 0 Å². The molecule has 0 aromatic heterocycles. The fourth-order valence-corrected chi connectivity index (χ4v) is 2.64. The van der Waals surface area contributed by atoms with E-state index in [4.69, 9.17) is 15.2 Å². The molecule has 0 unspecified atom stereocenters. The van der Waals surface area contributed by atoms with Gasteiger partial charge in [0.25, 0.3) is 5.91 Å². The van der Waals surface area contributed by atoms with Gasteiger partial charge in [-0.3, -0.25) is 9.59 Å². The molecule has 3 N–H and O–H groups in total. The van der Waals surface area contributed by atoms with Crippen molar-refractivity contribution >= 4 is 17.8 Å². The maximum atomic E-state index is 13.6. The van der Waals surface area contributed by atoms with Crippen LogP contribution in [0.1, 0.15) is 49.5 Å². The van der Waals surface area contributed by atoms with Crippen LogP contribution in [0.25, 0.3) is 0 Å². The quantitative estimate of drug-likeness (QED) is 0.589. The van der Waals surface area contributed by atoms with Crippen LogP contribution in [-0.2, 0) is 16.1 Å². The maximum absolute atomic E-state index is 13.6. The molecule has 0 aliphatic rings. The highest BCUT2D eigenvalue weighted by Crippen LogP contribution is 2.17. The predicted octanol–water partition coefficient (Wildman–Crippen LogP) is 3.75. The molecule has 0 saturated carbocycles. The SMILES string of the molecule is CC(C)(C)NC(=O)O[C@@H](CCC(=O)c1ccc(OCc2ccccc2F)cc1)C(N)=O. The number of nitrogens with one attached hydrogen (secondary N) is 1. The van der Waals surface area contributed by atoms with Crippen molar-refractivity contribution in [1.82, 2.24) is 5.32 Å². The molecule has 8 heteroatoms. The summed E-state index contributed by atoms with van der Waals surface area (Å²) in [6.45, 7) is 5.36. The second-order valence-corrected chi connectivity index (χ2v) is 8.04. The number of amides is 2. The number of hydrogen-bond acceptors (Lipinski definition) is 5. The van der Waals surface area contributed by atoms with Crippen LogP contribution in [0.15, 0.2) is 48.5 Å². The molecule has 166 valence electrons. The van der Waals surface area contributed by atoms with E-state index >= 15 is 0 Å². The molecule has 0 spiro atoms. The number of rotatable bonds is 9. The van der Waals surface area contributed by atoms with Gasteiger partial charge in [-0.2, -0.15) is 0 Å². The van der Waals surface area contributed by atoms with Gasteiger partial charge < -0.3 is 20.5 Å². The minimum Gasteiger partial charge on any atom is -0.489 e. The summed E-state index contributed by atoms with van der Waals surface area (Å²) >= 11 is 0. The Kier molecular flexibility index (Phi) is 8.13. The smallest absolute Gasteiger partial charge is 0.408 e. The van der Waals surface area contributed by atoms with E-state index in [0.29, 0.717) is 16.9 Å². The number of halogens is 1. The summed E-state index contributed by atoms with van der Waals surface area (Å²) < 4.78 is 24.2. The van der Waals surface area contributed by atoms with Gasteiger partial charge in [-0.1, -0.05) is 18.2 Å². The van der Waals surface area contributed by atoms with E-state index in [2.05, 4.69) is 5.32 Å². The number of benzene rings is 2. The first-order valence-corrected chi connectivity index (χ1v) is 9.83. The summed E-state index contributed by atoms with van der Waals surface area (Å²) in [5.41, 5.74) is 5.58. The molecule has 0 saturated heterocycles. The minimum atomic E-state index is -1.21. The molecule has 0 fully saturated rings. The number of primary amides is 1. The van der Waals surface area contributed by atoms with Crippen LogP contribution in [0.5, 0.6) is 5.75 Å². The van der Waals surface area contributed by atoms with Gasteiger partial charge in [-0.05, 0) is 51.1 Å². The Labute approximate surface area is 180 Å². The molecule has 2 aromatic rings. The zero-order valence-electron chi connectivity index (χ0n) is 17.8. The van der Waals surface area contributed by atoms with Gasteiger partial charge in [0.05, 0.1) is 0 Å². The van der Waals surface area contributed by atoms with Crippen molar-refractivity contribution < 1.29 is 28.2 Å². The van der Waals surface area contributed by atoms with Gasteiger partial charge in [0.2, 0.25) is 0 Å². The summed E-state index contributed by atoms with van der Waals surface area (Å²) in [6, 6.07) is 12.7. The monoisotopic (exact) mass is 430 g/mol. The van der Waals surface area contributed by atoms with Crippen LogP contribution in [0.2, 0.25) is 0 Å². The third-order valence-electron chi connectivity index (χ3n) is 4.21. The lowest BCUT2D eigenvalue weighted by Gasteiger charge is -2.22. The first-order chi connectivity index (χ1) is 14.5. The van der Waals surface area contributed by atoms with Gasteiger partial charge >= 0.3 is 6.09 Å². The van der Waals surface area contributed by atoms with E-state index in [-0.39, 0.29) is 31.0 Å². The highest BCUT2D eigenvalue weighted by atomic mass is 19.1. The van der Waals surface area contributed by atoms with E-state index in [1.54, 1.807) is 63.2 Å². The predicted molar refractivity (Wildman–Crippen MR) is 113 cm³/mol. The normalized spacial score (nSPS) is 12.0. The summed E-state index contributed by atoms with van der Waals surface area (Å²) in [5.74, 6) is -0.936. The van der Waals surface area contributed by atoms with Crippen molar-refractivity contribution in [3.8, 4) is 5.75 Å². The number of carbonyl (C=O) groups excluding carboxylic acids is 3. The third-order valence-corrected chi connectivity index (χ3v) is 4.21. The Bertz CT molecular complexity index is 922. The van der Waals surface area contributed by atoms with E-state index in [1.165, 1.54) is 6.07 Å². The van der Waals surface area contributed by atoms with Gasteiger partial charge in [0.15, 0.2) is 11.9 Å². The highest BCUT2D eigenvalue weighted by Gasteiger charge is 2.24. The number of hydrogen-bond donors (Lipinski definition) is 2. The summed E-state index contributed by atoms with van der Waals surface area (Å²) in [5, 5.41) is 2.57. The average Bonchev–Trinajstić information content (AvgIpc) is 2.69. The fourth-order valence-electron chi connectivity index (χ4n) is 2.64. The lowest BCUT2D eigenvalue weighted by Crippen LogP contribution is -2.44. The van der Waals surface area contributed by atoms with E-state index < -0.39 is 23.6 Å². The molecule has 2 amide bonds. The summed E-state index contributed by atoms with van der Waals surface area (Å²) in [4.78, 5) is 35.8. The molecule has 0 bridgehead atoms. The Balaban J connectivity index is 1.88. The lowest BCUT2D eigenvalue weighted by atomic mass is 10.0. The highest BCUT2D eigenvalue weighted by molar-refractivity contribution is 5.96. The average molecular weight is 430 g/mol. The van der Waals surface area contributed by atoms with E-state index in [1.807, 2.05) is 0 Å². The molecule has 2 rings (SSSR count). The molecule has 0 aliphatic heterocycles. The molecular weight excluding hydrogens is 403 g/mol. The fraction of sp³-hybridized carbons (Fsp3) is 0.348. The van der Waals surface area contributed by atoms with Crippen molar-refractivity contribution in [2.45, 2.75) is 51.9 Å². The molecule has 31 heavy (non-hydrogen) atoms. The molecule has 2 aromatic carbocycles. The topological polar surface area (TPSA) is 108 Å². The standard InChI is InChI=1S/C23H27FN2O5/c1-23(2,3)26-22(29)31-20(21(25)28)13-12-19(27)15-8-10-17(11-9-15)30-14-16-6-4-5-7-18(16)24/h4-11,20H,12-14H2,1-3H3,(H2,25,28)(H,26,29)/t20-/m0/s1. The summed E-state index contributed by atoms with van der Waals surface area (Å²) in [7, 11) is 0. The van der Waals surface area contributed by atoms with Crippen LogP contribution >= 0.6 is 0 Å². The molecule has 0 radical (unpaired) electrons. The maximum Gasteiger partial charge on any atom is 0.408 e. The van der Waals surface area contributed by atoms with Crippen LogP contribution in [-0.4, -0.2) is 29.4 Å². The number of Topliss-reactive ketones (excluding diaryl/α,β-unsaturated/α-hetero) is 1. The second-order valence-electron chi connectivity index (χ2n) is 8.04. The molecule has 0 aliphatic carbocycles. The van der Waals surface area contributed by atoms with Crippen molar-refractivity contribution in [3.05, 3.63) is 65.5 Å². The number of carbonyl (C=O) groups is 3. The third kappa shape index (κ3) is 8.08. The van der Waals surface area contributed by atoms with Crippen molar-refractivity contribution in [2.75, 3.05) is 0 Å². The Morgan fingerprint density at radius 3 is 2.29 bits per heavy atom. The second kappa shape index (κ2) is 10.6. The van der Waals surface area contributed by atoms with Gasteiger partial charge in [0, 0.05) is 29.5 Å². The van der Waals surface area contributed by atoms with Crippen molar-refractivity contribution in [1.29, 1.82) is 0 Å². The van der Waals surface area contributed by atoms with Crippen LogP contribution in [0, 0.1) is 5.82 Å². The lowest BCUT2D eigenvalue weighted by molar-refractivity contribution is -0.126. The first-order valence-electron chi connectivity index (χ1n) is 9.83.